The van der Waals surface area contributed by atoms with Crippen molar-refractivity contribution in [1.82, 2.24) is 14.9 Å². The molecule has 25 heavy (non-hydrogen) atoms. The second-order valence-corrected chi connectivity index (χ2v) is 6.87. The summed E-state index contributed by atoms with van der Waals surface area (Å²) in [5.41, 5.74) is 0.893. The second kappa shape index (κ2) is 8.27. The lowest BCUT2D eigenvalue weighted by Gasteiger charge is -2.21. The van der Waals surface area contributed by atoms with Gasteiger partial charge in [-0.2, -0.15) is 0 Å². The first kappa shape index (κ1) is 17.6. The van der Waals surface area contributed by atoms with Gasteiger partial charge in [-0.05, 0) is 42.4 Å². The van der Waals surface area contributed by atoms with E-state index in [0.717, 1.165) is 37.0 Å². The van der Waals surface area contributed by atoms with Crippen molar-refractivity contribution in [1.29, 1.82) is 0 Å². The maximum atomic E-state index is 10.2. The number of nitrogens with zero attached hydrogens (tertiary/aromatic N) is 3. The SMILES string of the molecule is Oc1ccc(C(O)CN2CC3CCCC3C2)cc1.Oc1cncnc1. The highest BCUT2D eigenvalue weighted by Crippen LogP contribution is 2.38. The number of rotatable bonds is 3. The molecule has 1 saturated heterocycles. The number of hydrogen-bond acceptors (Lipinski definition) is 6. The Labute approximate surface area is 147 Å². The van der Waals surface area contributed by atoms with Crippen LogP contribution in [0.3, 0.4) is 0 Å². The van der Waals surface area contributed by atoms with Crippen molar-refractivity contribution in [2.24, 2.45) is 11.8 Å². The first-order chi connectivity index (χ1) is 12.1. The van der Waals surface area contributed by atoms with E-state index in [2.05, 4.69) is 14.9 Å². The molecule has 1 saturated carbocycles. The fraction of sp³-hybridized carbons (Fsp3) is 0.474. The van der Waals surface area contributed by atoms with Crippen molar-refractivity contribution in [2.75, 3.05) is 19.6 Å². The predicted molar refractivity (Wildman–Crippen MR) is 94.0 cm³/mol. The Morgan fingerprint density at radius 1 is 0.960 bits per heavy atom. The van der Waals surface area contributed by atoms with Crippen LogP contribution in [0.15, 0.2) is 43.0 Å². The molecule has 2 aromatic rings. The fourth-order valence-corrected chi connectivity index (χ4v) is 3.82. The standard InChI is InChI=1S/C15H21NO2.C4H4N2O/c17-14-6-4-11(5-7-14)15(18)10-16-8-12-2-1-3-13(12)9-16;7-4-1-5-3-6-2-4/h4-7,12-13,15,17-18H,1-3,8-10H2;1-3,7H. The normalized spacial score (nSPS) is 23.6. The molecule has 3 unspecified atom stereocenters. The Hall–Kier alpha value is -2.18. The molecule has 1 aromatic heterocycles. The third-order valence-electron chi connectivity index (χ3n) is 5.06. The van der Waals surface area contributed by atoms with Gasteiger partial charge in [-0.1, -0.05) is 18.6 Å². The minimum absolute atomic E-state index is 0.0995. The molecule has 2 aliphatic rings. The molecular formula is C19H25N3O3. The summed E-state index contributed by atoms with van der Waals surface area (Å²) in [6.07, 6.45) is 7.71. The highest BCUT2D eigenvalue weighted by atomic mass is 16.3. The highest BCUT2D eigenvalue weighted by molar-refractivity contribution is 5.27. The van der Waals surface area contributed by atoms with E-state index in [1.54, 1.807) is 24.3 Å². The Morgan fingerprint density at radius 3 is 2.08 bits per heavy atom. The van der Waals surface area contributed by atoms with E-state index in [0.29, 0.717) is 0 Å². The summed E-state index contributed by atoms with van der Waals surface area (Å²) < 4.78 is 0. The summed E-state index contributed by atoms with van der Waals surface area (Å²) in [6, 6.07) is 6.88. The van der Waals surface area contributed by atoms with Gasteiger partial charge in [-0.15, -0.1) is 0 Å². The van der Waals surface area contributed by atoms with Gasteiger partial charge in [-0.25, -0.2) is 9.97 Å². The third kappa shape index (κ3) is 4.90. The zero-order chi connectivity index (χ0) is 17.6. The Bertz CT molecular complexity index is 639. The van der Waals surface area contributed by atoms with E-state index in [9.17, 15) is 10.2 Å². The average molecular weight is 343 g/mol. The van der Waals surface area contributed by atoms with Crippen LogP contribution in [0, 0.1) is 11.8 Å². The number of phenols is 1. The molecule has 6 nitrogen and oxygen atoms in total. The maximum Gasteiger partial charge on any atom is 0.152 e. The number of phenolic OH excluding ortho intramolecular Hbond substituents is 1. The summed E-state index contributed by atoms with van der Waals surface area (Å²) in [6.45, 7) is 3.03. The van der Waals surface area contributed by atoms with Crippen LogP contribution in [-0.2, 0) is 0 Å². The second-order valence-electron chi connectivity index (χ2n) is 6.87. The largest absolute Gasteiger partial charge is 0.508 e. The number of aliphatic hydroxyl groups is 1. The van der Waals surface area contributed by atoms with Gasteiger partial charge < -0.3 is 15.3 Å². The first-order valence-corrected chi connectivity index (χ1v) is 8.75. The lowest BCUT2D eigenvalue weighted by atomic mass is 10.0. The number of likely N-dealkylation sites (tertiary alicyclic amines) is 1. The zero-order valence-electron chi connectivity index (χ0n) is 14.2. The highest BCUT2D eigenvalue weighted by Gasteiger charge is 2.36. The van der Waals surface area contributed by atoms with E-state index >= 15 is 0 Å². The summed E-state index contributed by atoms with van der Waals surface area (Å²) in [5, 5.41) is 28.0. The maximum absolute atomic E-state index is 10.2. The first-order valence-electron chi connectivity index (χ1n) is 8.75. The number of β-amino-alcohol motifs (C(OH)–C–C–N with tert-alkyl or cyclic N) is 1. The summed E-state index contributed by atoms with van der Waals surface area (Å²) in [7, 11) is 0. The number of benzene rings is 1. The van der Waals surface area contributed by atoms with Gasteiger partial charge in [0.2, 0.25) is 0 Å². The van der Waals surface area contributed by atoms with Crippen LogP contribution >= 0.6 is 0 Å². The van der Waals surface area contributed by atoms with Gasteiger partial charge in [0.25, 0.3) is 0 Å². The molecule has 1 aliphatic heterocycles. The monoisotopic (exact) mass is 343 g/mol. The predicted octanol–water partition coefficient (Wildman–Crippen LogP) is 2.34. The van der Waals surface area contributed by atoms with Crippen LogP contribution in [-0.4, -0.2) is 49.8 Å². The van der Waals surface area contributed by atoms with Crippen LogP contribution in [0.2, 0.25) is 0 Å². The molecule has 6 heteroatoms. The summed E-state index contributed by atoms with van der Waals surface area (Å²) >= 11 is 0. The molecule has 3 atom stereocenters. The molecule has 3 N–H and O–H groups in total. The lowest BCUT2D eigenvalue weighted by molar-refractivity contribution is 0.122. The number of aliphatic hydroxyl groups excluding tert-OH is 1. The van der Waals surface area contributed by atoms with Crippen molar-refractivity contribution < 1.29 is 15.3 Å². The number of aromatic nitrogens is 2. The minimum atomic E-state index is -0.440. The molecular weight excluding hydrogens is 318 g/mol. The van der Waals surface area contributed by atoms with Gasteiger partial charge >= 0.3 is 0 Å². The van der Waals surface area contributed by atoms with Gasteiger partial charge in [0, 0.05) is 19.6 Å². The molecule has 0 spiro atoms. The van der Waals surface area contributed by atoms with E-state index in [4.69, 9.17) is 5.11 Å². The minimum Gasteiger partial charge on any atom is -0.508 e. The quantitative estimate of drug-likeness (QED) is 0.793. The molecule has 1 aliphatic carbocycles. The average Bonchev–Trinajstić information content (AvgIpc) is 3.18. The van der Waals surface area contributed by atoms with Crippen LogP contribution in [0.1, 0.15) is 30.9 Å². The van der Waals surface area contributed by atoms with Crippen LogP contribution < -0.4 is 0 Å². The Kier molecular flexibility index (Phi) is 5.83. The van der Waals surface area contributed by atoms with Gasteiger partial charge in [-0.3, -0.25) is 4.90 Å². The van der Waals surface area contributed by atoms with Gasteiger partial charge in [0.15, 0.2) is 5.75 Å². The third-order valence-corrected chi connectivity index (χ3v) is 5.06. The van der Waals surface area contributed by atoms with Crippen LogP contribution in [0.25, 0.3) is 0 Å². The molecule has 0 radical (unpaired) electrons. The molecule has 1 aromatic carbocycles. The van der Waals surface area contributed by atoms with Crippen molar-refractivity contribution >= 4 is 0 Å². The molecule has 0 amide bonds. The molecule has 134 valence electrons. The molecule has 2 heterocycles. The van der Waals surface area contributed by atoms with E-state index < -0.39 is 6.10 Å². The number of fused-ring (bicyclic) bond motifs is 1. The number of hydrogen-bond donors (Lipinski definition) is 3. The number of aromatic hydroxyl groups is 2. The Morgan fingerprint density at radius 2 is 1.56 bits per heavy atom. The van der Waals surface area contributed by atoms with Crippen molar-refractivity contribution in [3.63, 3.8) is 0 Å². The van der Waals surface area contributed by atoms with Crippen LogP contribution in [0.4, 0.5) is 0 Å². The fourth-order valence-electron chi connectivity index (χ4n) is 3.82. The van der Waals surface area contributed by atoms with Crippen molar-refractivity contribution in [2.45, 2.75) is 25.4 Å². The smallest absolute Gasteiger partial charge is 0.152 e. The van der Waals surface area contributed by atoms with E-state index in [-0.39, 0.29) is 11.5 Å². The van der Waals surface area contributed by atoms with E-state index in [1.807, 2.05) is 0 Å². The van der Waals surface area contributed by atoms with Crippen molar-refractivity contribution in [3.05, 3.63) is 48.5 Å². The van der Waals surface area contributed by atoms with Gasteiger partial charge in [0.1, 0.15) is 12.1 Å². The summed E-state index contributed by atoms with van der Waals surface area (Å²) in [4.78, 5) is 9.44. The Balaban J connectivity index is 0.000000219. The van der Waals surface area contributed by atoms with Crippen molar-refractivity contribution in [3.8, 4) is 11.5 Å². The molecule has 4 rings (SSSR count). The lowest BCUT2D eigenvalue weighted by Crippen LogP contribution is -2.27. The zero-order valence-corrected chi connectivity index (χ0v) is 14.2. The molecule has 2 fully saturated rings. The molecule has 0 bridgehead atoms. The van der Waals surface area contributed by atoms with Gasteiger partial charge in [0.05, 0.1) is 18.5 Å². The summed E-state index contributed by atoms with van der Waals surface area (Å²) in [5.74, 6) is 2.10. The van der Waals surface area contributed by atoms with Crippen LogP contribution in [0.5, 0.6) is 11.5 Å². The van der Waals surface area contributed by atoms with E-state index in [1.165, 1.54) is 38.0 Å². The topological polar surface area (TPSA) is 89.7 Å².